The molecule has 0 bridgehead atoms. The van der Waals surface area contributed by atoms with E-state index in [1.807, 2.05) is 0 Å². The summed E-state index contributed by atoms with van der Waals surface area (Å²) < 4.78 is 2.33. The Kier molecular flexibility index (Phi) is 6.62. The molecule has 5 heteroatoms. The molecule has 2 rings (SSSR count). The molecular weight excluding hydrogens is 298 g/mol. The molecule has 22 heavy (non-hydrogen) atoms. The van der Waals surface area contributed by atoms with Crippen LogP contribution in [-0.2, 0) is 6.42 Å². The summed E-state index contributed by atoms with van der Waals surface area (Å²) in [7, 11) is 0. The minimum Gasteiger partial charge on any atom is -0.352 e. The molecular formula is C17H24ClN3O. The van der Waals surface area contributed by atoms with Crippen LogP contribution in [-0.4, -0.2) is 22.0 Å². The molecule has 1 amide bonds. The van der Waals surface area contributed by atoms with E-state index in [9.17, 15) is 4.79 Å². The highest BCUT2D eigenvalue weighted by atomic mass is 35.5. The molecule has 2 heterocycles. The van der Waals surface area contributed by atoms with Crippen LogP contribution >= 0.6 is 12.4 Å². The van der Waals surface area contributed by atoms with Crippen LogP contribution in [0.25, 0.3) is 0 Å². The summed E-state index contributed by atoms with van der Waals surface area (Å²) in [6.45, 7) is 9.30. The molecule has 0 aromatic carbocycles. The van der Waals surface area contributed by atoms with Crippen LogP contribution in [0.4, 0.5) is 0 Å². The Morgan fingerprint density at radius 2 is 1.91 bits per heavy atom. The molecule has 2 aromatic rings. The lowest BCUT2D eigenvalue weighted by atomic mass is 10.1. The Morgan fingerprint density at radius 3 is 2.45 bits per heavy atom. The third kappa shape index (κ3) is 4.10. The second-order valence-electron chi connectivity index (χ2n) is 5.60. The van der Waals surface area contributed by atoms with Crippen molar-refractivity contribution in [3.8, 4) is 0 Å². The molecule has 0 fully saturated rings. The minimum absolute atomic E-state index is 0. The van der Waals surface area contributed by atoms with Crippen LogP contribution in [0.2, 0.25) is 0 Å². The second-order valence-corrected chi connectivity index (χ2v) is 5.60. The van der Waals surface area contributed by atoms with Crippen LogP contribution in [0.1, 0.15) is 47.2 Å². The van der Waals surface area contributed by atoms with E-state index in [0.29, 0.717) is 18.2 Å². The Morgan fingerprint density at radius 1 is 1.27 bits per heavy atom. The summed E-state index contributed by atoms with van der Waals surface area (Å²) in [5, 5.41) is 2.96. The largest absolute Gasteiger partial charge is 0.352 e. The number of aryl methyl sites for hydroxylation is 1. The van der Waals surface area contributed by atoms with Crippen molar-refractivity contribution in [2.45, 2.75) is 40.2 Å². The topological polar surface area (TPSA) is 46.9 Å². The van der Waals surface area contributed by atoms with Crippen molar-refractivity contribution in [2.75, 3.05) is 6.54 Å². The summed E-state index contributed by atoms with van der Waals surface area (Å²) in [6, 6.07) is 6.12. The number of rotatable bonds is 5. The second kappa shape index (κ2) is 7.99. The molecule has 0 radical (unpaired) electrons. The number of aromatic nitrogens is 2. The van der Waals surface area contributed by atoms with Gasteiger partial charge in [0.2, 0.25) is 0 Å². The first-order valence-electron chi connectivity index (χ1n) is 7.36. The normalized spacial score (nSPS) is 10.4. The van der Waals surface area contributed by atoms with E-state index in [0.717, 1.165) is 6.42 Å². The summed E-state index contributed by atoms with van der Waals surface area (Å²) in [4.78, 5) is 15.9. The maximum atomic E-state index is 12.0. The highest BCUT2D eigenvalue weighted by molar-refractivity contribution is 5.93. The SMILES string of the molecule is Cc1cc(CCNC(=O)c2ccncc2)c(C)n1C(C)C.Cl. The van der Waals surface area contributed by atoms with E-state index in [2.05, 4.69) is 48.6 Å². The van der Waals surface area contributed by atoms with Crippen molar-refractivity contribution in [1.29, 1.82) is 0 Å². The van der Waals surface area contributed by atoms with E-state index in [1.54, 1.807) is 24.5 Å². The van der Waals surface area contributed by atoms with Crippen molar-refractivity contribution in [1.82, 2.24) is 14.9 Å². The zero-order chi connectivity index (χ0) is 15.4. The van der Waals surface area contributed by atoms with Crippen LogP contribution in [0.5, 0.6) is 0 Å². The third-order valence-corrected chi connectivity index (χ3v) is 3.73. The lowest BCUT2D eigenvalue weighted by molar-refractivity contribution is 0.0954. The Bertz CT molecular complexity index is 620. The Labute approximate surface area is 138 Å². The van der Waals surface area contributed by atoms with Gasteiger partial charge in [0.1, 0.15) is 0 Å². The summed E-state index contributed by atoms with van der Waals surface area (Å²) in [5.74, 6) is -0.0462. The maximum absolute atomic E-state index is 12.0. The zero-order valence-corrected chi connectivity index (χ0v) is 14.4. The van der Waals surface area contributed by atoms with E-state index in [4.69, 9.17) is 0 Å². The summed E-state index contributed by atoms with van der Waals surface area (Å²) >= 11 is 0. The van der Waals surface area contributed by atoms with Gasteiger partial charge in [0.25, 0.3) is 5.91 Å². The molecule has 4 nitrogen and oxygen atoms in total. The molecule has 1 N–H and O–H groups in total. The van der Waals surface area contributed by atoms with Crippen LogP contribution < -0.4 is 5.32 Å². The number of halogens is 1. The fourth-order valence-electron chi connectivity index (χ4n) is 2.81. The van der Waals surface area contributed by atoms with Gasteiger partial charge in [-0.15, -0.1) is 12.4 Å². The number of pyridine rings is 1. The predicted octanol–water partition coefficient (Wildman–Crippen LogP) is 3.48. The van der Waals surface area contributed by atoms with Crippen molar-refractivity contribution in [3.05, 3.63) is 53.1 Å². The smallest absolute Gasteiger partial charge is 0.251 e. The molecule has 0 aliphatic heterocycles. The van der Waals surface area contributed by atoms with E-state index < -0.39 is 0 Å². The monoisotopic (exact) mass is 321 g/mol. The van der Waals surface area contributed by atoms with Gasteiger partial charge in [-0.05, 0) is 57.9 Å². The number of amides is 1. The number of nitrogens with zero attached hydrogens (tertiary/aromatic N) is 2. The third-order valence-electron chi connectivity index (χ3n) is 3.73. The molecule has 120 valence electrons. The highest BCUT2D eigenvalue weighted by Gasteiger charge is 2.11. The Balaban J connectivity index is 0.00000242. The fraction of sp³-hybridized carbons (Fsp3) is 0.412. The van der Waals surface area contributed by atoms with Gasteiger partial charge in [-0.3, -0.25) is 9.78 Å². The molecule has 0 saturated heterocycles. The zero-order valence-electron chi connectivity index (χ0n) is 13.6. The van der Waals surface area contributed by atoms with Gasteiger partial charge < -0.3 is 9.88 Å². The van der Waals surface area contributed by atoms with Gasteiger partial charge >= 0.3 is 0 Å². The summed E-state index contributed by atoms with van der Waals surface area (Å²) in [6.07, 6.45) is 4.11. The molecule has 0 saturated carbocycles. The highest BCUT2D eigenvalue weighted by Crippen LogP contribution is 2.20. The number of hydrogen-bond donors (Lipinski definition) is 1. The van der Waals surface area contributed by atoms with Gasteiger partial charge in [-0.25, -0.2) is 0 Å². The Hall–Kier alpha value is -1.81. The quantitative estimate of drug-likeness (QED) is 0.916. The van der Waals surface area contributed by atoms with Gasteiger partial charge in [0.05, 0.1) is 0 Å². The van der Waals surface area contributed by atoms with Crippen molar-refractivity contribution >= 4 is 18.3 Å². The van der Waals surface area contributed by atoms with Crippen molar-refractivity contribution < 1.29 is 4.79 Å². The van der Waals surface area contributed by atoms with Gasteiger partial charge in [0.15, 0.2) is 0 Å². The van der Waals surface area contributed by atoms with Crippen LogP contribution in [0, 0.1) is 13.8 Å². The van der Waals surface area contributed by atoms with Crippen LogP contribution in [0.15, 0.2) is 30.6 Å². The first kappa shape index (κ1) is 18.2. The molecule has 2 aromatic heterocycles. The average molecular weight is 322 g/mol. The summed E-state index contributed by atoms with van der Waals surface area (Å²) in [5.41, 5.74) is 4.52. The van der Waals surface area contributed by atoms with Gasteiger partial charge in [-0.2, -0.15) is 0 Å². The van der Waals surface area contributed by atoms with Crippen molar-refractivity contribution in [2.24, 2.45) is 0 Å². The van der Waals surface area contributed by atoms with Crippen LogP contribution in [0.3, 0.4) is 0 Å². The number of hydrogen-bond acceptors (Lipinski definition) is 2. The number of carbonyl (C=O) groups excluding carboxylic acids is 1. The first-order chi connectivity index (χ1) is 10.0. The van der Waals surface area contributed by atoms with E-state index in [1.165, 1.54) is 17.0 Å². The first-order valence-corrected chi connectivity index (χ1v) is 7.36. The lowest BCUT2D eigenvalue weighted by Gasteiger charge is -2.14. The molecule has 0 unspecified atom stereocenters. The molecule has 0 spiro atoms. The lowest BCUT2D eigenvalue weighted by Crippen LogP contribution is -2.25. The van der Waals surface area contributed by atoms with Crippen molar-refractivity contribution in [3.63, 3.8) is 0 Å². The maximum Gasteiger partial charge on any atom is 0.251 e. The van der Waals surface area contributed by atoms with E-state index >= 15 is 0 Å². The van der Waals surface area contributed by atoms with Gasteiger partial charge in [-0.1, -0.05) is 0 Å². The standard InChI is InChI=1S/C17H23N3O.ClH/c1-12(2)20-13(3)11-16(14(20)4)7-10-19-17(21)15-5-8-18-9-6-15;/h5-6,8-9,11-12H,7,10H2,1-4H3,(H,19,21);1H. The minimum atomic E-state index is -0.0462. The number of carbonyl (C=O) groups is 1. The molecule has 0 aliphatic carbocycles. The van der Waals surface area contributed by atoms with Gasteiger partial charge in [0, 0.05) is 41.9 Å². The predicted molar refractivity (Wildman–Crippen MR) is 91.8 cm³/mol. The fourth-order valence-corrected chi connectivity index (χ4v) is 2.81. The average Bonchev–Trinajstić information content (AvgIpc) is 2.74. The van der Waals surface area contributed by atoms with E-state index in [-0.39, 0.29) is 18.3 Å². The molecule has 0 aliphatic rings. The molecule has 0 atom stereocenters. The number of nitrogens with one attached hydrogen (secondary N) is 1.